The molecule has 0 atom stereocenters. The summed E-state index contributed by atoms with van der Waals surface area (Å²) in [4.78, 5) is 22.0. The van der Waals surface area contributed by atoms with Crippen molar-refractivity contribution in [2.24, 2.45) is 11.8 Å². The molecule has 0 aliphatic heterocycles. The number of hydrogen-bond donors (Lipinski definition) is 1. The van der Waals surface area contributed by atoms with Gasteiger partial charge in [0.2, 0.25) is 0 Å². The van der Waals surface area contributed by atoms with Crippen LogP contribution in [-0.4, -0.2) is 38.7 Å². The minimum Gasteiger partial charge on any atom is -0.438 e. The molecule has 0 radical (unpaired) electrons. The van der Waals surface area contributed by atoms with Gasteiger partial charge in [-0.15, -0.1) is 0 Å². The first-order valence-electron chi connectivity index (χ1n) is 7.42. The number of ether oxygens (including phenoxy) is 2. The highest BCUT2D eigenvalue weighted by molar-refractivity contribution is 5.72. The van der Waals surface area contributed by atoms with Gasteiger partial charge in [-0.25, -0.2) is 0 Å². The molecule has 0 unspecified atom stereocenters. The van der Waals surface area contributed by atoms with E-state index >= 15 is 0 Å². The number of carbonyl (C=O) groups is 2. The van der Waals surface area contributed by atoms with Crippen LogP contribution in [0, 0.1) is 11.8 Å². The van der Waals surface area contributed by atoms with Crippen molar-refractivity contribution in [2.45, 2.75) is 52.5 Å². The third-order valence-corrected chi connectivity index (χ3v) is 3.36. The highest BCUT2D eigenvalue weighted by atomic mass is 16.7. The highest BCUT2D eigenvalue weighted by Gasteiger charge is 2.26. The van der Waals surface area contributed by atoms with Gasteiger partial charge in [-0.05, 0) is 39.7 Å². The molecule has 1 rings (SSSR count). The molecule has 0 heterocycles. The van der Waals surface area contributed by atoms with E-state index in [-0.39, 0.29) is 24.6 Å². The SMILES string of the molecule is CCOCOC(=O)C1CCC(C=O)CC1.CNC(C)C. The Morgan fingerprint density at radius 1 is 1.30 bits per heavy atom. The van der Waals surface area contributed by atoms with E-state index < -0.39 is 0 Å². The van der Waals surface area contributed by atoms with Crippen molar-refractivity contribution in [1.29, 1.82) is 0 Å². The molecule has 0 aromatic heterocycles. The molecular weight excluding hydrogens is 258 g/mol. The maximum atomic E-state index is 11.5. The monoisotopic (exact) mass is 287 g/mol. The van der Waals surface area contributed by atoms with E-state index in [1.165, 1.54) is 0 Å². The topological polar surface area (TPSA) is 64.6 Å². The molecule has 0 amide bonds. The third kappa shape index (κ3) is 9.04. The Hall–Kier alpha value is -0.940. The van der Waals surface area contributed by atoms with Crippen molar-refractivity contribution in [1.82, 2.24) is 5.32 Å². The molecule has 0 spiro atoms. The van der Waals surface area contributed by atoms with Crippen molar-refractivity contribution >= 4 is 12.3 Å². The lowest BCUT2D eigenvalue weighted by atomic mass is 9.83. The number of nitrogens with one attached hydrogen (secondary N) is 1. The Kier molecular flexibility index (Phi) is 11.3. The minimum absolute atomic E-state index is 0.0401. The van der Waals surface area contributed by atoms with Crippen LogP contribution in [0.15, 0.2) is 0 Å². The molecule has 5 nitrogen and oxygen atoms in total. The van der Waals surface area contributed by atoms with Gasteiger partial charge in [0.05, 0.1) is 5.92 Å². The third-order valence-electron chi connectivity index (χ3n) is 3.36. The Labute approximate surface area is 122 Å². The fraction of sp³-hybridized carbons (Fsp3) is 0.867. The molecule has 1 saturated carbocycles. The van der Waals surface area contributed by atoms with Crippen molar-refractivity contribution in [2.75, 3.05) is 20.4 Å². The zero-order chi connectivity index (χ0) is 15.4. The first-order chi connectivity index (χ1) is 9.54. The first kappa shape index (κ1) is 19.1. The Morgan fingerprint density at radius 2 is 1.85 bits per heavy atom. The molecule has 0 saturated heterocycles. The number of esters is 1. The van der Waals surface area contributed by atoms with Gasteiger partial charge in [-0.2, -0.15) is 0 Å². The molecule has 1 aliphatic rings. The van der Waals surface area contributed by atoms with Crippen LogP contribution in [0.2, 0.25) is 0 Å². The van der Waals surface area contributed by atoms with Gasteiger partial charge < -0.3 is 19.6 Å². The molecule has 118 valence electrons. The molecular formula is C15H29NO4. The van der Waals surface area contributed by atoms with Gasteiger partial charge in [-0.3, -0.25) is 4.79 Å². The maximum absolute atomic E-state index is 11.5. The summed E-state index contributed by atoms with van der Waals surface area (Å²) in [6, 6.07) is 0.634. The van der Waals surface area contributed by atoms with E-state index in [1.807, 2.05) is 14.0 Å². The van der Waals surface area contributed by atoms with Crippen LogP contribution in [-0.2, 0) is 19.1 Å². The Bertz CT molecular complexity index is 261. The average Bonchev–Trinajstić information content (AvgIpc) is 2.48. The van der Waals surface area contributed by atoms with Crippen molar-refractivity contribution in [3.63, 3.8) is 0 Å². The highest BCUT2D eigenvalue weighted by Crippen LogP contribution is 2.28. The normalized spacial score (nSPS) is 21.9. The summed E-state index contributed by atoms with van der Waals surface area (Å²) >= 11 is 0. The lowest BCUT2D eigenvalue weighted by Gasteiger charge is -2.23. The summed E-state index contributed by atoms with van der Waals surface area (Å²) < 4.78 is 9.88. The minimum atomic E-state index is -0.187. The Morgan fingerprint density at radius 3 is 2.25 bits per heavy atom. The zero-order valence-corrected chi connectivity index (χ0v) is 13.2. The molecule has 1 aliphatic carbocycles. The molecule has 0 aromatic carbocycles. The predicted octanol–water partition coefficient (Wildman–Crippen LogP) is 2.14. The van der Waals surface area contributed by atoms with Crippen LogP contribution in [0.4, 0.5) is 0 Å². The summed E-state index contributed by atoms with van der Waals surface area (Å²) in [7, 11) is 1.95. The van der Waals surface area contributed by atoms with E-state index in [4.69, 9.17) is 9.47 Å². The van der Waals surface area contributed by atoms with Crippen LogP contribution in [0.3, 0.4) is 0 Å². The van der Waals surface area contributed by atoms with E-state index in [0.717, 1.165) is 32.0 Å². The average molecular weight is 287 g/mol. The molecule has 1 fully saturated rings. The second-order valence-electron chi connectivity index (χ2n) is 5.27. The van der Waals surface area contributed by atoms with E-state index in [1.54, 1.807) is 0 Å². The number of aldehydes is 1. The first-order valence-corrected chi connectivity index (χ1v) is 7.42. The fourth-order valence-electron chi connectivity index (χ4n) is 1.79. The van der Waals surface area contributed by atoms with Gasteiger partial charge in [0.1, 0.15) is 6.29 Å². The van der Waals surface area contributed by atoms with Crippen molar-refractivity contribution < 1.29 is 19.1 Å². The summed E-state index contributed by atoms with van der Waals surface area (Å²) in [6.07, 6.45) is 4.11. The molecule has 0 aromatic rings. The maximum Gasteiger partial charge on any atom is 0.311 e. The largest absolute Gasteiger partial charge is 0.438 e. The summed E-state index contributed by atoms with van der Waals surface area (Å²) in [5.74, 6) is -0.0876. The van der Waals surface area contributed by atoms with E-state index in [9.17, 15) is 9.59 Å². The van der Waals surface area contributed by atoms with Crippen molar-refractivity contribution in [3.05, 3.63) is 0 Å². The van der Waals surface area contributed by atoms with Crippen LogP contribution in [0.1, 0.15) is 46.5 Å². The lowest BCUT2D eigenvalue weighted by Crippen LogP contribution is -2.24. The summed E-state index contributed by atoms with van der Waals surface area (Å²) in [5.41, 5.74) is 0. The lowest BCUT2D eigenvalue weighted by molar-refractivity contribution is -0.162. The summed E-state index contributed by atoms with van der Waals surface area (Å²) in [6.45, 7) is 6.66. The Balaban J connectivity index is 0.000000621. The van der Waals surface area contributed by atoms with Gasteiger partial charge in [-0.1, -0.05) is 13.8 Å². The molecule has 0 bridgehead atoms. The second kappa shape index (κ2) is 11.9. The predicted molar refractivity (Wildman–Crippen MR) is 78.3 cm³/mol. The smallest absolute Gasteiger partial charge is 0.311 e. The van der Waals surface area contributed by atoms with Gasteiger partial charge >= 0.3 is 5.97 Å². The fourth-order valence-corrected chi connectivity index (χ4v) is 1.79. The number of carbonyl (C=O) groups excluding carboxylic acids is 2. The van der Waals surface area contributed by atoms with Crippen LogP contribution in [0.25, 0.3) is 0 Å². The van der Waals surface area contributed by atoms with E-state index in [2.05, 4.69) is 19.2 Å². The van der Waals surface area contributed by atoms with Crippen molar-refractivity contribution in [3.8, 4) is 0 Å². The van der Waals surface area contributed by atoms with Crippen LogP contribution >= 0.6 is 0 Å². The molecule has 5 heteroatoms. The van der Waals surface area contributed by atoms with Crippen LogP contribution in [0.5, 0.6) is 0 Å². The van der Waals surface area contributed by atoms with Gasteiger partial charge in [0, 0.05) is 18.6 Å². The van der Waals surface area contributed by atoms with Crippen LogP contribution < -0.4 is 5.32 Å². The summed E-state index contributed by atoms with van der Waals surface area (Å²) in [5, 5.41) is 3.03. The molecule has 1 N–H and O–H groups in total. The standard InChI is InChI=1S/C11H18O4.C4H11N/c1-2-14-8-15-11(13)10-5-3-9(7-12)4-6-10;1-4(2)5-3/h7,9-10H,2-6,8H2,1H3;4-5H,1-3H3. The number of hydrogen-bond acceptors (Lipinski definition) is 5. The number of rotatable bonds is 6. The van der Waals surface area contributed by atoms with Gasteiger partial charge in [0.15, 0.2) is 6.79 Å². The van der Waals surface area contributed by atoms with E-state index in [0.29, 0.717) is 12.6 Å². The quantitative estimate of drug-likeness (QED) is 0.351. The zero-order valence-electron chi connectivity index (χ0n) is 13.2. The second-order valence-corrected chi connectivity index (χ2v) is 5.27. The molecule has 20 heavy (non-hydrogen) atoms. The van der Waals surface area contributed by atoms with Gasteiger partial charge in [0.25, 0.3) is 0 Å².